The van der Waals surface area contributed by atoms with Crippen molar-refractivity contribution in [1.82, 2.24) is 59.9 Å². The van der Waals surface area contributed by atoms with Crippen LogP contribution in [0.2, 0.25) is 15.1 Å². The summed E-state index contributed by atoms with van der Waals surface area (Å²) < 4.78 is 4.93. The topological polar surface area (TPSA) is 266 Å². The first-order valence-electron chi connectivity index (χ1n) is 42.7. The van der Waals surface area contributed by atoms with Crippen molar-refractivity contribution in [3.63, 3.8) is 0 Å². The second-order valence-electron chi connectivity index (χ2n) is 33.0. The molecule has 0 radical (unpaired) electrons. The summed E-state index contributed by atoms with van der Waals surface area (Å²) in [5, 5.41) is 10.5. The quantitative estimate of drug-likeness (QED) is 0.0308. The normalized spacial score (nSPS) is 19.9. The SMILES string of the molecule is CC(=O)N1CCN(C(=O)[C@]2(Sc3ccc(C)cc3)CC(=O)N(Cc3ccc(Br)cc3)[C@H]2c2c[nH]c3cc(Cl)ccc23)CC1.CCNC(=O)N1CCN(C(=O)[C@]2(Sc3ccc(C)cc3)CC(=O)N(Cc3ccc(Br)cc3)[C@H]2c2c[nH]c3cc(Cl)ccc23)CC1.Cc1ccc(S[C@@]2(C(=O)NCCOCCN)CC(=O)N(Cc3ccc(Br)cc3)[C@H]2c2c[nH]c3cc(Cl)ccc23)cc1. The fourth-order valence-corrected chi connectivity index (χ4v) is 23.5. The number of fused-ring (bicyclic) bond motifs is 3. The van der Waals surface area contributed by atoms with Gasteiger partial charge in [0.25, 0.3) is 0 Å². The molecule has 0 aliphatic carbocycles. The number of carbonyl (C=O) groups is 8. The summed E-state index contributed by atoms with van der Waals surface area (Å²) in [6, 6.07) is 63.2. The zero-order chi connectivity index (χ0) is 91.0. The Kier molecular flexibility index (Phi) is 30.3. The molecule has 12 aromatic rings. The smallest absolute Gasteiger partial charge is 0.317 e. The van der Waals surface area contributed by atoms with Crippen LogP contribution >= 0.6 is 118 Å². The summed E-state index contributed by atoms with van der Waals surface area (Å²) in [6.07, 6.45) is 5.89. The molecule has 3 aromatic heterocycles. The van der Waals surface area contributed by atoms with Gasteiger partial charge in [0.15, 0.2) is 0 Å². The van der Waals surface area contributed by atoms with E-state index in [1.54, 1.807) is 16.7 Å². The number of hydrogen-bond donors (Lipinski definition) is 6. The number of ether oxygens (including phenoxy) is 1. The monoisotopic (exact) mass is 2040 g/mol. The highest BCUT2D eigenvalue weighted by Crippen LogP contribution is 2.59. The predicted molar refractivity (Wildman–Crippen MR) is 524 cm³/mol. The highest BCUT2D eigenvalue weighted by atomic mass is 79.9. The van der Waals surface area contributed by atoms with Gasteiger partial charge in [0.2, 0.25) is 41.4 Å². The Labute approximate surface area is 802 Å². The molecule has 9 aromatic carbocycles. The fraction of sp³-hybridized carbons (Fsp3) is 0.306. The van der Waals surface area contributed by atoms with Crippen molar-refractivity contribution in [2.75, 3.05) is 85.2 Å². The third kappa shape index (κ3) is 21.0. The fourth-order valence-electron chi connectivity index (χ4n) is 17.8. The molecule has 22 nitrogen and oxygen atoms in total. The molecule has 5 fully saturated rings. The molecule has 5 aliphatic heterocycles. The lowest BCUT2D eigenvalue weighted by Crippen LogP contribution is -2.58. The molecule has 0 saturated carbocycles. The summed E-state index contributed by atoms with van der Waals surface area (Å²) in [7, 11) is 0. The first kappa shape index (κ1) is 94.1. The van der Waals surface area contributed by atoms with E-state index in [1.165, 1.54) is 35.3 Å². The highest BCUT2D eigenvalue weighted by molar-refractivity contribution is 9.11. The number of carbonyl (C=O) groups excluding carboxylic acids is 8. The molecular formula is C98H99Br3Cl3N13O9S3. The van der Waals surface area contributed by atoms with E-state index in [2.05, 4.69) is 73.4 Å². The van der Waals surface area contributed by atoms with Gasteiger partial charge in [-0.2, -0.15) is 0 Å². The number of piperazine rings is 2. The van der Waals surface area contributed by atoms with Crippen molar-refractivity contribution in [3.8, 4) is 0 Å². The molecule has 7 N–H and O–H groups in total. The van der Waals surface area contributed by atoms with Gasteiger partial charge in [-0.25, -0.2) is 4.79 Å². The molecule has 5 aliphatic rings. The Morgan fingerprint density at radius 3 is 1.09 bits per heavy atom. The van der Waals surface area contributed by atoms with Crippen LogP contribution in [0.4, 0.5) is 4.79 Å². The zero-order valence-electron chi connectivity index (χ0n) is 71.8. The van der Waals surface area contributed by atoms with Crippen LogP contribution in [0.1, 0.15) is 101 Å². The Morgan fingerprint density at radius 1 is 0.434 bits per heavy atom. The average Bonchev–Trinajstić information content (AvgIpc) is 1.58. The molecule has 31 heteroatoms. The van der Waals surface area contributed by atoms with Crippen molar-refractivity contribution in [2.24, 2.45) is 5.73 Å². The van der Waals surface area contributed by atoms with E-state index in [4.69, 9.17) is 45.3 Å². The lowest BCUT2D eigenvalue weighted by Gasteiger charge is -2.42. The van der Waals surface area contributed by atoms with Crippen molar-refractivity contribution < 1.29 is 43.1 Å². The maximum atomic E-state index is 15.0. The molecule has 8 heterocycles. The predicted octanol–water partition coefficient (Wildman–Crippen LogP) is 19.3. The van der Waals surface area contributed by atoms with Gasteiger partial charge >= 0.3 is 6.03 Å². The van der Waals surface area contributed by atoms with E-state index in [0.717, 1.165) is 111 Å². The van der Waals surface area contributed by atoms with Gasteiger partial charge in [-0.1, -0.05) is 190 Å². The van der Waals surface area contributed by atoms with Crippen molar-refractivity contribution in [2.45, 2.75) is 121 Å². The number of nitrogens with one attached hydrogen (secondary N) is 5. The van der Waals surface area contributed by atoms with Crippen LogP contribution < -0.4 is 16.4 Å². The van der Waals surface area contributed by atoms with Gasteiger partial charge in [0.1, 0.15) is 14.2 Å². The van der Waals surface area contributed by atoms with E-state index in [0.29, 0.717) is 120 Å². The number of benzene rings is 9. The lowest BCUT2D eigenvalue weighted by molar-refractivity contribution is -0.140. The summed E-state index contributed by atoms with van der Waals surface area (Å²) in [4.78, 5) is 137. The highest BCUT2D eigenvalue weighted by Gasteiger charge is 2.63. The number of rotatable bonds is 24. The molecule has 9 amide bonds. The Morgan fingerprint density at radius 2 is 0.752 bits per heavy atom. The maximum Gasteiger partial charge on any atom is 0.317 e. The van der Waals surface area contributed by atoms with Crippen LogP contribution in [0.5, 0.6) is 0 Å². The van der Waals surface area contributed by atoms with Crippen LogP contribution in [-0.4, -0.2) is 196 Å². The number of aromatic amines is 3. The van der Waals surface area contributed by atoms with Crippen molar-refractivity contribution in [3.05, 3.63) is 297 Å². The number of nitrogens with two attached hydrogens (primary N) is 1. The first-order chi connectivity index (χ1) is 62.1. The summed E-state index contributed by atoms with van der Waals surface area (Å²) in [5.74, 6) is -0.630. The molecule has 0 unspecified atom stereocenters. The summed E-state index contributed by atoms with van der Waals surface area (Å²) in [6.45, 7) is 16.0. The number of nitrogens with zero attached hydrogens (tertiary/aromatic N) is 7. The number of urea groups is 1. The van der Waals surface area contributed by atoms with Crippen LogP contribution in [0.25, 0.3) is 32.7 Å². The van der Waals surface area contributed by atoms with Gasteiger partial charge in [0, 0.05) is 210 Å². The van der Waals surface area contributed by atoms with Crippen molar-refractivity contribution >= 4 is 198 Å². The van der Waals surface area contributed by atoms with Gasteiger partial charge in [-0.3, -0.25) is 33.6 Å². The van der Waals surface area contributed by atoms with Gasteiger partial charge in [0.05, 0.1) is 50.6 Å². The Balaban J connectivity index is 0.000000149. The third-order valence-corrected chi connectivity index (χ3v) is 30.8. The molecule has 129 heavy (non-hydrogen) atoms. The molecule has 5 saturated heterocycles. The number of thioether (sulfide) groups is 3. The molecule has 0 bridgehead atoms. The first-order valence-corrected chi connectivity index (χ1v) is 48.7. The average molecular weight is 2050 g/mol. The van der Waals surface area contributed by atoms with E-state index >= 15 is 4.79 Å². The van der Waals surface area contributed by atoms with E-state index < -0.39 is 32.4 Å². The summed E-state index contributed by atoms with van der Waals surface area (Å²) in [5.41, 5.74) is 17.0. The van der Waals surface area contributed by atoms with Gasteiger partial charge in [-0.05, 0) is 154 Å². The van der Waals surface area contributed by atoms with E-state index in [9.17, 15) is 33.6 Å². The minimum atomic E-state index is -1.16. The third-order valence-electron chi connectivity index (χ3n) is 24.2. The minimum Gasteiger partial charge on any atom is -0.378 e. The van der Waals surface area contributed by atoms with Crippen LogP contribution in [0, 0.1) is 20.8 Å². The Bertz CT molecular complexity index is 6100. The Hall–Kier alpha value is -9.56. The number of aryl methyl sites for hydroxylation is 3. The van der Waals surface area contributed by atoms with Gasteiger partial charge in [-0.15, -0.1) is 35.3 Å². The van der Waals surface area contributed by atoms with E-state index in [-0.39, 0.29) is 66.6 Å². The number of halogens is 6. The molecule has 17 rings (SSSR count). The lowest BCUT2D eigenvalue weighted by atomic mass is 9.90. The van der Waals surface area contributed by atoms with Crippen LogP contribution in [0.3, 0.4) is 0 Å². The zero-order valence-corrected chi connectivity index (χ0v) is 81.3. The molecule has 6 atom stereocenters. The molecular weight excluding hydrogens is 1950 g/mol. The van der Waals surface area contributed by atoms with Gasteiger partial charge < -0.3 is 70.4 Å². The summed E-state index contributed by atoms with van der Waals surface area (Å²) >= 11 is 33.9. The number of aromatic nitrogens is 3. The number of amides is 9. The maximum absolute atomic E-state index is 15.0. The standard InChI is InChI=1S/C34H35BrClN5O3S.C33H32BrClN4O3S.C31H32BrClN4O3S/c1-3-37-33(44)40-16-14-39(15-17-40)32(43)34(45-26-11-4-22(2)5-12-26)19-30(42)41(21-23-6-8-24(35)9-7-23)31(34)28-20-38-29-18-25(36)10-13-27(28)29;1-21-3-10-26(11-4-21)43-33(32(42)38-15-13-37(14-16-38)22(2)40)18-30(41)39(20-23-5-7-24(34)8-6-23)31(33)28-19-36-29-17-25(35)9-12-27(28)29;1-20-2-9-24(10-3-20)41-31(30(39)35-13-15-40-14-12-34)17-28(38)37(19-21-4-6-22(32)7-5-21)29(31)26-18-36-27-16-23(33)8-11-25(26)27/h4-13,18,20,31,38H,3,14-17,19,21H2,1-2H3,(H,37,44);3-12,17,19,31,36H,13-16,18,20H2,1-2H3;2-11,16,18,29,36H,12-15,17,19,34H2,1H3,(H,35,39)/t31-,34-;31-,33-;29-,31-/m000/s1. The number of hydrogen-bond acceptors (Lipinski definition) is 13. The molecule has 670 valence electrons. The number of likely N-dealkylation sites (tertiary alicyclic amines) is 3. The van der Waals surface area contributed by atoms with E-state index in [1.807, 2.05) is 271 Å². The minimum absolute atomic E-state index is 0.00268. The van der Waals surface area contributed by atoms with Crippen LogP contribution in [0.15, 0.2) is 247 Å². The van der Waals surface area contributed by atoms with Crippen LogP contribution in [-0.2, 0) is 57.9 Å². The molecule has 0 spiro atoms. The number of H-pyrrole nitrogens is 3. The van der Waals surface area contributed by atoms with Crippen molar-refractivity contribution in [1.29, 1.82) is 0 Å². The second kappa shape index (κ2) is 41.5. The largest absolute Gasteiger partial charge is 0.378 e. The second-order valence-corrected chi connectivity index (χ2v) is 41.2.